The molecule has 0 fully saturated rings. The van der Waals surface area contributed by atoms with Crippen molar-refractivity contribution in [3.05, 3.63) is 59.4 Å². The minimum absolute atomic E-state index is 0.0368. The zero-order valence-electron chi connectivity index (χ0n) is 17.5. The first-order chi connectivity index (χ1) is 14.6. The number of carbonyl (C=O) groups excluding carboxylic acids is 1. The van der Waals surface area contributed by atoms with Crippen molar-refractivity contribution in [2.24, 2.45) is 0 Å². The van der Waals surface area contributed by atoms with Gasteiger partial charge in [0, 0.05) is 18.5 Å². The van der Waals surface area contributed by atoms with Crippen molar-refractivity contribution in [3.8, 4) is 17.2 Å². The second-order valence-electron chi connectivity index (χ2n) is 6.45. The topological polar surface area (TPSA) is 75.5 Å². The highest BCUT2D eigenvalue weighted by Crippen LogP contribution is 2.29. The maximum absolute atomic E-state index is 12.5. The van der Waals surface area contributed by atoms with Gasteiger partial charge in [0.05, 0.1) is 27.1 Å². The number of carbonyl (C=O) groups is 1. The van der Waals surface area contributed by atoms with Crippen molar-refractivity contribution in [1.29, 1.82) is 0 Å². The molecule has 0 atom stereocenters. The van der Waals surface area contributed by atoms with E-state index in [4.69, 9.17) is 14.2 Å². The van der Waals surface area contributed by atoms with Crippen LogP contribution in [0.25, 0.3) is 0 Å². The molecule has 0 spiro atoms. The van der Waals surface area contributed by atoms with E-state index in [1.165, 1.54) is 11.8 Å². The number of rotatable bonds is 10. The second kappa shape index (κ2) is 10.2. The molecule has 3 aromatic rings. The summed E-state index contributed by atoms with van der Waals surface area (Å²) < 4.78 is 17.8. The highest BCUT2D eigenvalue weighted by atomic mass is 32.2. The molecule has 0 aliphatic heterocycles. The minimum atomic E-state index is 0.0368. The standard InChI is InChI=1S/C22H25N3O4S/c1-5-25-21(13-15-6-11-19(28-3)20(12-15)29-4)23-24-22(25)30-14-18(26)16-7-9-17(27-2)10-8-16/h6-12H,5,13-14H2,1-4H3. The summed E-state index contributed by atoms with van der Waals surface area (Å²) in [6, 6.07) is 12.9. The molecule has 0 saturated carbocycles. The van der Waals surface area contributed by atoms with Crippen LogP contribution < -0.4 is 14.2 Å². The predicted molar refractivity (Wildman–Crippen MR) is 116 cm³/mol. The van der Waals surface area contributed by atoms with Crippen LogP contribution in [0.4, 0.5) is 0 Å². The van der Waals surface area contributed by atoms with E-state index in [0.29, 0.717) is 35.8 Å². The molecule has 158 valence electrons. The third-order valence-electron chi connectivity index (χ3n) is 4.66. The highest BCUT2D eigenvalue weighted by molar-refractivity contribution is 7.99. The van der Waals surface area contributed by atoms with E-state index >= 15 is 0 Å². The van der Waals surface area contributed by atoms with Gasteiger partial charge in [-0.2, -0.15) is 0 Å². The Balaban J connectivity index is 1.70. The largest absolute Gasteiger partial charge is 0.497 e. The van der Waals surface area contributed by atoms with E-state index in [2.05, 4.69) is 10.2 Å². The van der Waals surface area contributed by atoms with Crippen molar-refractivity contribution in [3.63, 3.8) is 0 Å². The number of aromatic nitrogens is 3. The molecular weight excluding hydrogens is 402 g/mol. The van der Waals surface area contributed by atoms with Crippen LogP contribution in [0.2, 0.25) is 0 Å². The summed E-state index contributed by atoms with van der Waals surface area (Å²) in [5.41, 5.74) is 1.69. The predicted octanol–water partition coefficient (Wildman–Crippen LogP) is 3.89. The van der Waals surface area contributed by atoms with E-state index in [1.807, 2.05) is 29.7 Å². The lowest BCUT2D eigenvalue weighted by Crippen LogP contribution is -2.07. The maximum atomic E-state index is 12.5. The maximum Gasteiger partial charge on any atom is 0.191 e. The summed E-state index contributed by atoms with van der Waals surface area (Å²) in [6.07, 6.45) is 0.605. The first-order valence-corrected chi connectivity index (χ1v) is 10.5. The van der Waals surface area contributed by atoms with Crippen LogP contribution in [-0.2, 0) is 13.0 Å². The minimum Gasteiger partial charge on any atom is -0.497 e. The monoisotopic (exact) mass is 427 g/mol. The molecule has 2 aromatic carbocycles. The molecule has 0 saturated heterocycles. The Morgan fingerprint density at radius 3 is 2.33 bits per heavy atom. The zero-order chi connectivity index (χ0) is 21.5. The van der Waals surface area contributed by atoms with Gasteiger partial charge in [-0.15, -0.1) is 10.2 Å². The van der Waals surface area contributed by atoms with Crippen molar-refractivity contribution in [1.82, 2.24) is 14.8 Å². The van der Waals surface area contributed by atoms with Crippen LogP contribution in [-0.4, -0.2) is 47.6 Å². The molecule has 3 rings (SSSR count). The second-order valence-corrected chi connectivity index (χ2v) is 7.39. The Kier molecular flexibility index (Phi) is 7.35. The fraction of sp³-hybridized carbons (Fsp3) is 0.318. The van der Waals surface area contributed by atoms with Gasteiger partial charge in [-0.3, -0.25) is 4.79 Å². The van der Waals surface area contributed by atoms with E-state index in [0.717, 1.165) is 22.3 Å². The third-order valence-corrected chi connectivity index (χ3v) is 5.63. The molecule has 0 unspecified atom stereocenters. The van der Waals surface area contributed by atoms with Crippen molar-refractivity contribution < 1.29 is 19.0 Å². The lowest BCUT2D eigenvalue weighted by Gasteiger charge is -2.10. The number of ketones is 1. The van der Waals surface area contributed by atoms with Crippen LogP contribution in [0.15, 0.2) is 47.6 Å². The Bertz CT molecular complexity index is 1000. The molecule has 1 heterocycles. The number of ether oxygens (including phenoxy) is 3. The number of methoxy groups -OCH3 is 3. The molecule has 0 bridgehead atoms. The van der Waals surface area contributed by atoms with Gasteiger partial charge in [-0.1, -0.05) is 17.8 Å². The van der Waals surface area contributed by atoms with E-state index < -0.39 is 0 Å². The van der Waals surface area contributed by atoms with E-state index in [1.54, 1.807) is 45.6 Å². The quantitative estimate of drug-likeness (QED) is 0.359. The molecule has 0 N–H and O–H groups in total. The molecule has 0 aliphatic rings. The number of hydrogen-bond acceptors (Lipinski definition) is 7. The van der Waals surface area contributed by atoms with Gasteiger partial charge >= 0.3 is 0 Å². The zero-order valence-corrected chi connectivity index (χ0v) is 18.4. The average Bonchev–Trinajstić information content (AvgIpc) is 3.18. The molecule has 1 aromatic heterocycles. The number of nitrogens with zero attached hydrogens (tertiary/aromatic N) is 3. The normalized spacial score (nSPS) is 10.7. The van der Waals surface area contributed by atoms with Crippen LogP contribution in [0.1, 0.15) is 28.7 Å². The molecule has 0 radical (unpaired) electrons. The van der Waals surface area contributed by atoms with E-state index in [-0.39, 0.29) is 5.78 Å². The molecule has 7 nitrogen and oxygen atoms in total. The van der Waals surface area contributed by atoms with Gasteiger partial charge in [0.2, 0.25) is 0 Å². The lowest BCUT2D eigenvalue weighted by molar-refractivity contribution is 0.102. The molecule has 8 heteroatoms. The molecule has 0 amide bonds. The number of benzene rings is 2. The average molecular weight is 428 g/mol. The van der Waals surface area contributed by atoms with Crippen LogP contribution in [0.5, 0.6) is 17.2 Å². The Hall–Kier alpha value is -3.00. The highest BCUT2D eigenvalue weighted by Gasteiger charge is 2.15. The van der Waals surface area contributed by atoms with E-state index in [9.17, 15) is 4.79 Å². The van der Waals surface area contributed by atoms with Crippen molar-refractivity contribution in [2.45, 2.75) is 25.0 Å². The van der Waals surface area contributed by atoms with Gasteiger partial charge in [-0.25, -0.2) is 0 Å². The third kappa shape index (κ3) is 4.94. The van der Waals surface area contributed by atoms with Gasteiger partial charge in [0.25, 0.3) is 0 Å². The van der Waals surface area contributed by atoms with Crippen molar-refractivity contribution >= 4 is 17.5 Å². The SMILES string of the molecule is CCn1c(Cc2ccc(OC)c(OC)c2)nnc1SCC(=O)c1ccc(OC)cc1. The fourth-order valence-electron chi connectivity index (χ4n) is 3.04. The summed E-state index contributed by atoms with van der Waals surface area (Å²) in [4.78, 5) is 12.5. The van der Waals surface area contributed by atoms with Crippen LogP contribution >= 0.6 is 11.8 Å². The Labute approximate surface area is 180 Å². The summed E-state index contributed by atoms with van der Waals surface area (Å²) in [6.45, 7) is 2.76. The summed E-state index contributed by atoms with van der Waals surface area (Å²) in [5.74, 6) is 3.26. The Morgan fingerprint density at radius 1 is 0.967 bits per heavy atom. The number of hydrogen-bond donors (Lipinski definition) is 0. The Morgan fingerprint density at radius 2 is 1.70 bits per heavy atom. The number of thioether (sulfide) groups is 1. The molecule has 0 aliphatic carbocycles. The van der Waals surface area contributed by atoms with Gasteiger partial charge < -0.3 is 18.8 Å². The summed E-state index contributed by atoms with van der Waals surface area (Å²) in [5, 5.41) is 9.38. The fourth-order valence-corrected chi connectivity index (χ4v) is 3.95. The smallest absolute Gasteiger partial charge is 0.191 e. The van der Waals surface area contributed by atoms with Gasteiger partial charge in [0.1, 0.15) is 11.6 Å². The summed E-state index contributed by atoms with van der Waals surface area (Å²) in [7, 11) is 4.83. The number of Topliss-reactive ketones (excluding diaryl/α,β-unsaturated/α-hetero) is 1. The molecule has 30 heavy (non-hydrogen) atoms. The van der Waals surface area contributed by atoms with Gasteiger partial charge in [0.15, 0.2) is 22.4 Å². The first kappa shape index (κ1) is 21.7. The lowest BCUT2D eigenvalue weighted by atomic mass is 10.1. The van der Waals surface area contributed by atoms with Crippen LogP contribution in [0.3, 0.4) is 0 Å². The van der Waals surface area contributed by atoms with Crippen molar-refractivity contribution in [2.75, 3.05) is 27.1 Å². The first-order valence-electron chi connectivity index (χ1n) is 9.52. The van der Waals surface area contributed by atoms with Crippen LogP contribution in [0, 0.1) is 0 Å². The van der Waals surface area contributed by atoms with Gasteiger partial charge in [-0.05, 0) is 48.9 Å². The summed E-state index contributed by atoms with van der Waals surface area (Å²) >= 11 is 1.39. The molecular formula is C22H25N3O4S.